The largest absolute Gasteiger partial charge is 0.503 e. The fourth-order valence-electron chi connectivity index (χ4n) is 2.16. The molecule has 1 aromatic rings. The van der Waals surface area contributed by atoms with Crippen LogP contribution in [0.4, 0.5) is 4.79 Å². The third-order valence-electron chi connectivity index (χ3n) is 3.18. The van der Waals surface area contributed by atoms with Crippen LogP contribution in [-0.4, -0.2) is 46.4 Å². The number of phenols is 1. The molecule has 0 saturated carbocycles. The molecule has 2 amide bonds. The van der Waals surface area contributed by atoms with Crippen molar-refractivity contribution in [3.05, 3.63) is 27.1 Å². The Labute approximate surface area is 163 Å². The third kappa shape index (κ3) is 4.79. The highest BCUT2D eigenvalue weighted by molar-refractivity contribution is 9.10. The molecular weight excluding hydrogens is 426 g/mol. The highest BCUT2D eigenvalue weighted by Gasteiger charge is 2.36. The van der Waals surface area contributed by atoms with Gasteiger partial charge in [0.2, 0.25) is 0 Å². The molecule has 1 aliphatic rings. The first kappa shape index (κ1) is 20.3. The Bertz CT molecular complexity index is 777. The first-order valence-electron chi connectivity index (χ1n) is 7.83. The maximum Gasteiger partial charge on any atom is 0.326 e. The lowest BCUT2D eigenvalue weighted by Crippen LogP contribution is -2.35. The third-order valence-corrected chi connectivity index (χ3v) is 4.69. The number of amides is 2. The second-order valence-electron chi connectivity index (χ2n) is 5.59. The van der Waals surface area contributed by atoms with Gasteiger partial charge in [-0.25, -0.2) is 0 Å². The average molecular weight is 444 g/mol. The Morgan fingerprint density at radius 1 is 1.38 bits per heavy atom. The molecule has 26 heavy (non-hydrogen) atoms. The van der Waals surface area contributed by atoms with Crippen molar-refractivity contribution < 1.29 is 29.0 Å². The zero-order valence-electron chi connectivity index (χ0n) is 14.4. The molecule has 1 N–H and O–H groups in total. The number of esters is 1. The van der Waals surface area contributed by atoms with Crippen molar-refractivity contribution in [2.24, 2.45) is 0 Å². The summed E-state index contributed by atoms with van der Waals surface area (Å²) in [7, 11) is 0. The van der Waals surface area contributed by atoms with Gasteiger partial charge in [-0.1, -0.05) is 0 Å². The zero-order chi connectivity index (χ0) is 19.4. The summed E-state index contributed by atoms with van der Waals surface area (Å²) in [5.41, 5.74) is 0.563. The van der Waals surface area contributed by atoms with Crippen molar-refractivity contribution in [2.75, 3.05) is 13.2 Å². The number of benzene rings is 1. The summed E-state index contributed by atoms with van der Waals surface area (Å²) in [5, 5.41) is 9.41. The number of ether oxygens (including phenoxy) is 2. The smallest absolute Gasteiger partial charge is 0.326 e. The van der Waals surface area contributed by atoms with Crippen LogP contribution in [0.1, 0.15) is 26.3 Å². The van der Waals surface area contributed by atoms with Gasteiger partial charge in [0.05, 0.1) is 22.1 Å². The SMILES string of the molecule is CCOc1cc(/C=C2/SC(=O)N(CC(=O)OC(C)C)C2=O)cc(Br)c1O. The number of hydrogen-bond donors (Lipinski definition) is 1. The van der Waals surface area contributed by atoms with Gasteiger partial charge < -0.3 is 14.6 Å². The van der Waals surface area contributed by atoms with E-state index in [1.165, 1.54) is 6.08 Å². The Kier molecular flexibility index (Phi) is 6.71. The number of aromatic hydroxyl groups is 1. The minimum absolute atomic E-state index is 0.0477. The van der Waals surface area contributed by atoms with Gasteiger partial charge >= 0.3 is 5.97 Å². The molecule has 0 aliphatic carbocycles. The van der Waals surface area contributed by atoms with Crippen LogP contribution >= 0.6 is 27.7 Å². The van der Waals surface area contributed by atoms with Gasteiger partial charge in [0.15, 0.2) is 11.5 Å². The van der Waals surface area contributed by atoms with E-state index in [1.807, 2.05) is 0 Å². The van der Waals surface area contributed by atoms with Crippen LogP contribution in [0, 0.1) is 0 Å². The summed E-state index contributed by atoms with van der Waals surface area (Å²) < 4.78 is 10.7. The maximum atomic E-state index is 12.4. The number of phenolic OH excluding ortho intramolecular Hbond substituents is 1. The number of imide groups is 1. The minimum atomic E-state index is -0.644. The van der Waals surface area contributed by atoms with Crippen LogP contribution in [0.2, 0.25) is 0 Å². The summed E-state index contributed by atoms with van der Waals surface area (Å²) in [6.45, 7) is 5.08. The van der Waals surface area contributed by atoms with Crippen LogP contribution < -0.4 is 4.74 Å². The van der Waals surface area contributed by atoms with Crippen molar-refractivity contribution in [2.45, 2.75) is 26.9 Å². The molecule has 0 bridgehead atoms. The topological polar surface area (TPSA) is 93.1 Å². The van der Waals surface area contributed by atoms with Gasteiger partial charge in [0.1, 0.15) is 6.54 Å². The second-order valence-corrected chi connectivity index (χ2v) is 7.44. The average Bonchev–Trinajstić information content (AvgIpc) is 2.79. The molecule has 1 aliphatic heterocycles. The predicted octanol–water partition coefficient (Wildman–Crippen LogP) is 3.54. The summed E-state index contributed by atoms with van der Waals surface area (Å²) in [6, 6.07) is 3.16. The summed E-state index contributed by atoms with van der Waals surface area (Å²) in [6.07, 6.45) is 1.18. The van der Waals surface area contributed by atoms with E-state index < -0.39 is 23.7 Å². The first-order chi connectivity index (χ1) is 12.2. The van der Waals surface area contributed by atoms with Crippen LogP contribution in [0.25, 0.3) is 6.08 Å². The van der Waals surface area contributed by atoms with Crippen LogP contribution in [0.15, 0.2) is 21.5 Å². The number of carbonyl (C=O) groups excluding carboxylic acids is 3. The molecular formula is C17H18BrNO6S. The molecule has 7 nitrogen and oxygen atoms in total. The second kappa shape index (κ2) is 8.59. The van der Waals surface area contributed by atoms with E-state index in [9.17, 15) is 19.5 Å². The highest BCUT2D eigenvalue weighted by Crippen LogP contribution is 2.38. The lowest BCUT2D eigenvalue weighted by molar-refractivity contribution is -0.149. The monoisotopic (exact) mass is 443 g/mol. The number of thioether (sulfide) groups is 1. The van der Waals surface area contributed by atoms with Gasteiger partial charge in [0, 0.05) is 0 Å². The van der Waals surface area contributed by atoms with E-state index in [4.69, 9.17) is 9.47 Å². The van der Waals surface area contributed by atoms with Crippen molar-refractivity contribution in [1.82, 2.24) is 4.90 Å². The van der Waals surface area contributed by atoms with E-state index >= 15 is 0 Å². The molecule has 2 rings (SSSR count). The Morgan fingerprint density at radius 2 is 2.08 bits per heavy atom. The van der Waals surface area contributed by atoms with Crippen molar-refractivity contribution >= 4 is 50.9 Å². The number of halogens is 1. The van der Waals surface area contributed by atoms with Crippen molar-refractivity contribution in [3.8, 4) is 11.5 Å². The van der Waals surface area contributed by atoms with Gasteiger partial charge in [0.25, 0.3) is 11.1 Å². The number of hydrogen-bond acceptors (Lipinski definition) is 7. The van der Waals surface area contributed by atoms with Gasteiger partial charge in [-0.15, -0.1) is 0 Å². The van der Waals surface area contributed by atoms with Crippen LogP contribution in [0.3, 0.4) is 0 Å². The Hall–Kier alpha value is -2.00. The first-order valence-corrected chi connectivity index (χ1v) is 9.44. The standard InChI is InChI=1S/C17H18BrNO6S/c1-4-24-12-6-10(5-11(18)15(12)21)7-13-16(22)19(17(23)26-13)8-14(20)25-9(2)3/h5-7,9,21H,4,8H2,1-3H3/b13-7+. The van der Waals surface area contributed by atoms with E-state index in [2.05, 4.69) is 15.9 Å². The van der Waals surface area contributed by atoms with Gasteiger partial charge in [-0.05, 0) is 72.2 Å². The normalized spacial score (nSPS) is 15.9. The molecule has 0 radical (unpaired) electrons. The lowest BCUT2D eigenvalue weighted by Gasteiger charge is -2.13. The van der Waals surface area contributed by atoms with Crippen molar-refractivity contribution in [3.63, 3.8) is 0 Å². The quantitative estimate of drug-likeness (QED) is 0.530. The minimum Gasteiger partial charge on any atom is -0.503 e. The molecule has 0 unspecified atom stereocenters. The number of nitrogens with zero attached hydrogens (tertiary/aromatic N) is 1. The van der Waals surface area contributed by atoms with Gasteiger partial charge in [-0.3, -0.25) is 19.3 Å². The summed E-state index contributed by atoms with van der Waals surface area (Å²) >= 11 is 3.96. The molecule has 9 heteroatoms. The van der Waals surface area contributed by atoms with E-state index in [1.54, 1.807) is 32.9 Å². The predicted molar refractivity (Wildman–Crippen MR) is 101 cm³/mol. The van der Waals surface area contributed by atoms with Crippen LogP contribution in [-0.2, 0) is 14.3 Å². The fourth-order valence-corrected chi connectivity index (χ4v) is 3.46. The van der Waals surface area contributed by atoms with Gasteiger partial charge in [-0.2, -0.15) is 0 Å². The fraction of sp³-hybridized carbons (Fsp3) is 0.353. The molecule has 1 aromatic carbocycles. The maximum absolute atomic E-state index is 12.4. The molecule has 0 aromatic heterocycles. The molecule has 140 valence electrons. The molecule has 0 spiro atoms. The molecule has 1 saturated heterocycles. The molecule has 1 fully saturated rings. The summed E-state index contributed by atoms with van der Waals surface area (Å²) in [5.74, 6) is -1.00. The highest BCUT2D eigenvalue weighted by atomic mass is 79.9. The molecule has 1 heterocycles. The Morgan fingerprint density at radius 3 is 2.69 bits per heavy atom. The molecule has 0 atom stereocenters. The van der Waals surface area contributed by atoms with E-state index in [0.29, 0.717) is 16.6 Å². The van der Waals surface area contributed by atoms with Crippen molar-refractivity contribution in [1.29, 1.82) is 0 Å². The number of carbonyl (C=O) groups is 3. The summed E-state index contributed by atoms with van der Waals surface area (Å²) in [4.78, 5) is 37.2. The van der Waals surface area contributed by atoms with E-state index in [-0.39, 0.29) is 22.5 Å². The van der Waals surface area contributed by atoms with Crippen LogP contribution in [0.5, 0.6) is 11.5 Å². The lowest BCUT2D eigenvalue weighted by atomic mass is 10.2. The number of rotatable bonds is 6. The Balaban J connectivity index is 2.23. The zero-order valence-corrected chi connectivity index (χ0v) is 16.8. The van der Waals surface area contributed by atoms with E-state index in [0.717, 1.165) is 16.7 Å².